The van der Waals surface area contributed by atoms with E-state index in [-0.39, 0.29) is 12.2 Å². The van der Waals surface area contributed by atoms with Gasteiger partial charge in [-0.05, 0) is 19.1 Å². The number of aromatic nitrogens is 1. The van der Waals surface area contributed by atoms with Crippen molar-refractivity contribution in [1.29, 1.82) is 0 Å². The molecule has 6 nitrogen and oxygen atoms in total. The van der Waals surface area contributed by atoms with E-state index in [1.807, 2.05) is 0 Å². The second kappa shape index (κ2) is 4.84. The van der Waals surface area contributed by atoms with Gasteiger partial charge in [0.15, 0.2) is 11.5 Å². The molecule has 0 aliphatic rings. The quantitative estimate of drug-likeness (QED) is 0.828. The van der Waals surface area contributed by atoms with Crippen molar-refractivity contribution in [3.63, 3.8) is 0 Å². The molecule has 0 aromatic carbocycles. The van der Waals surface area contributed by atoms with Gasteiger partial charge in [0.25, 0.3) is 5.91 Å². The summed E-state index contributed by atoms with van der Waals surface area (Å²) in [5, 5.41) is 15.2. The van der Waals surface area contributed by atoms with Crippen LogP contribution < -0.4 is 5.32 Å². The van der Waals surface area contributed by atoms with Crippen LogP contribution in [0.15, 0.2) is 33.4 Å². The first-order chi connectivity index (χ1) is 8.16. The zero-order chi connectivity index (χ0) is 12.3. The standard InChI is InChI=1S/C11H12N2O4/c1-7(14)6-12-11(15)8-5-10(17-13-8)9-3-2-4-16-9/h2-5,7,14H,6H2,1H3,(H,12,15)/t7-/m1/s1. The van der Waals surface area contributed by atoms with Crippen molar-refractivity contribution >= 4 is 5.91 Å². The predicted molar refractivity (Wildman–Crippen MR) is 58.2 cm³/mol. The van der Waals surface area contributed by atoms with Crippen LogP contribution in [-0.2, 0) is 0 Å². The van der Waals surface area contributed by atoms with Gasteiger partial charge in [-0.2, -0.15) is 0 Å². The van der Waals surface area contributed by atoms with E-state index in [0.29, 0.717) is 11.5 Å². The maximum absolute atomic E-state index is 11.6. The highest BCUT2D eigenvalue weighted by atomic mass is 16.5. The van der Waals surface area contributed by atoms with Crippen LogP contribution in [0.25, 0.3) is 11.5 Å². The third kappa shape index (κ3) is 2.73. The molecule has 0 fully saturated rings. The lowest BCUT2D eigenvalue weighted by Crippen LogP contribution is -2.30. The second-order valence-electron chi connectivity index (χ2n) is 3.61. The topological polar surface area (TPSA) is 88.5 Å². The molecular weight excluding hydrogens is 224 g/mol. The fourth-order valence-corrected chi connectivity index (χ4v) is 1.25. The number of aliphatic hydroxyl groups is 1. The normalized spacial score (nSPS) is 12.4. The minimum absolute atomic E-state index is 0.150. The Hall–Kier alpha value is -2.08. The van der Waals surface area contributed by atoms with Gasteiger partial charge in [-0.1, -0.05) is 5.16 Å². The molecule has 2 N–H and O–H groups in total. The monoisotopic (exact) mass is 236 g/mol. The summed E-state index contributed by atoms with van der Waals surface area (Å²) in [6, 6.07) is 4.90. The van der Waals surface area contributed by atoms with E-state index in [4.69, 9.17) is 14.0 Å². The Kier molecular flexibility index (Phi) is 3.24. The van der Waals surface area contributed by atoms with Gasteiger partial charge < -0.3 is 19.4 Å². The summed E-state index contributed by atoms with van der Waals surface area (Å²) in [5.41, 5.74) is 0.150. The molecule has 2 aromatic rings. The number of carbonyl (C=O) groups is 1. The first-order valence-electron chi connectivity index (χ1n) is 5.13. The highest BCUT2D eigenvalue weighted by Gasteiger charge is 2.14. The van der Waals surface area contributed by atoms with Crippen LogP contribution in [0.4, 0.5) is 0 Å². The van der Waals surface area contributed by atoms with Gasteiger partial charge in [0.1, 0.15) is 0 Å². The zero-order valence-electron chi connectivity index (χ0n) is 9.21. The fraction of sp³-hybridized carbons (Fsp3) is 0.273. The number of carbonyl (C=O) groups excluding carboxylic acids is 1. The van der Waals surface area contributed by atoms with Gasteiger partial charge >= 0.3 is 0 Å². The van der Waals surface area contributed by atoms with E-state index < -0.39 is 12.0 Å². The number of hydrogen-bond acceptors (Lipinski definition) is 5. The fourth-order valence-electron chi connectivity index (χ4n) is 1.25. The Balaban J connectivity index is 2.05. The third-order valence-electron chi connectivity index (χ3n) is 2.06. The molecule has 0 bridgehead atoms. The summed E-state index contributed by atoms with van der Waals surface area (Å²) in [5.74, 6) is 0.497. The van der Waals surface area contributed by atoms with Crippen LogP contribution in [-0.4, -0.2) is 28.8 Å². The summed E-state index contributed by atoms with van der Waals surface area (Å²) in [7, 11) is 0. The molecule has 1 atom stereocenters. The first-order valence-corrected chi connectivity index (χ1v) is 5.13. The predicted octanol–water partition coefficient (Wildman–Crippen LogP) is 1.05. The maximum atomic E-state index is 11.6. The molecule has 2 heterocycles. The molecule has 2 rings (SSSR count). The summed E-state index contributed by atoms with van der Waals surface area (Å²) < 4.78 is 10.1. The molecule has 0 radical (unpaired) electrons. The third-order valence-corrected chi connectivity index (χ3v) is 2.06. The van der Waals surface area contributed by atoms with E-state index in [1.54, 1.807) is 19.1 Å². The first kappa shape index (κ1) is 11.4. The zero-order valence-corrected chi connectivity index (χ0v) is 9.21. The molecule has 0 saturated heterocycles. The van der Waals surface area contributed by atoms with Crippen LogP contribution in [0.5, 0.6) is 0 Å². The number of nitrogens with one attached hydrogen (secondary N) is 1. The Morgan fingerprint density at radius 1 is 1.59 bits per heavy atom. The van der Waals surface area contributed by atoms with Crippen molar-refractivity contribution in [2.75, 3.05) is 6.54 Å². The smallest absolute Gasteiger partial charge is 0.273 e. The van der Waals surface area contributed by atoms with Crippen molar-refractivity contribution in [2.45, 2.75) is 13.0 Å². The lowest BCUT2D eigenvalue weighted by Gasteiger charge is -2.03. The average Bonchev–Trinajstić information content (AvgIpc) is 2.94. The van der Waals surface area contributed by atoms with Gasteiger partial charge in [-0.25, -0.2) is 0 Å². The molecule has 90 valence electrons. The molecule has 0 aliphatic heterocycles. The van der Waals surface area contributed by atoms with Gasteiger partial charge in [0, 0.05) is 12.6 Å². The summed E-state index contributed by atoms with van der Waals surface area (Å²) in [6.07, 6.45) is 0.904. The molecule has 17 heavy (non-hydrogen) atoms. The second-order valence-corrected chi connectivity index (χ2v) is 3.61. The maximum Gasteiger partial charge on any atom is 0.273 e. The van der Waals surface area contributed by atoms with E-state index in [2.05, 4.69) is 10.5 Å². The molecule has 2 aromatic heterocycles. The van der Waals surface area contributed by atoms with Crippen LogP contribution in [0.1, 0.15) is 17.4 Å². The van der Waals surface area contributed by atoms with E-state index in [9.17, 15) is 4.79 Å². The molecule has 0 spiro atoms. The van der Waals surface area contributed by atoms with Gasteiger partial charge in [0.2, 0.25) is 5.76 Å². The Bertz CT molecular complexity index is 487. The molecule has 0 unspecified atom stereocenters. The summed E-state index contributed by atoms with van der Waals surface area (Å²) >= 11 is 0. The summed E-state index contributed by atoms with van der Waals surface area (Å²) in [4.78, 5) is 11.6. The van der Waals surface area contributed by atoms with E-state index in [0.717, 1.165) is 0 Å². The molecule has 6 heteroatoms. The van der Waals surface area contributed by atoms with E-state index in [1.165, 1.54) is 12.3 Å². The van der Waals surface area contributed by atoms with Crippen molar-refractivity contribution in [3.05, 3.63) is 30.2 Å². The van der Waals surface area contributed by atoms with Crippen molar-refractivity contribution in [2.24, 2.45) is 0 Å². The lowest BCUT2D eigenvalue weighted by molar-refractivity contribution is 0.0915. The molecule has 1 amide bonds. The van der Waals surface area contributed by atoms with Gasteiger partial charge in [0.05, 0.1) is 12.4 Å². The van der Waals surface area contributed by atoms with Gasteiger partial charge in [-0.3, -0.25) is 4.79 Å². The number of amides is 1. The minimum atomic E-state index is -0.601. The van der Waals surface area contributed by atoms with Crippen LogP contribution >= 0.6 is 0 Å². The van der Waals surface area contributed by atoms with Crippen molar-refractivity contribution in [1.82, 2.24) is 10.5 Å². The molecule has 0 aliphatic carbocycles. The van der Waals surface area contributed by atoms with E-state index >= 15 is 0 Å². The number of hydrogen-bond donors (Lipinski definition) is 2. The SMILES string of the molecule is C[C@@H](O)CNC(=O)c1cc(-c2ccco2)on1. The molecule has 0 saturated carbocycles. The van der Waals surface area contributed by atoms with Crippen LogP contribution in [0.2, 0.25) is 0 Å². The Labute approximate surface area is 97.2 Å². The minimum Gasteiger partial charge on any atom is -0.461 e. The highest BCUT2D eigenvalue weighted by Crippen LogP contribution is 2.20. The lowest BCUT2D eigenvalue weighted by atomic mass is 10.3. The van der Waals surface area contributed by atoms with Crippen molar-refractivity contribution < 1.29 is 18.8 Å². The highest BCUT2D eigenvalue weighted by molar-refractivity contribution is 5.92. The number of aliphatic hydroxyl groups excluding tert-OH is 1. The van der Waals surface area contributed by atoms with Crippen LogP contribution in [0, 0.1) is 0 Å². The largest absolute Gasteiger partial charge is 0.461 e. The van der Waals surface area contributed by atoms with Gasteiger partial charge in [-0.15, -0.1) is 0 Å². The average molecular weight is 236 g/mol. The number of rotatable bonds is 4. The van der Waals surface area contributed by atoms with Crippen LogP contribution in [0.3, 0.4) is 0 Å². The molecular formula is C11H12N2O4. The Morgan fingerprint density at radius 3 is 3.06 bits per heavy atom. The summed E-state index contributed by atoms with van der Waals surface area (Å²) in [6.45, 7) is 1.75. The number of nitrogens with zero attached hydrogens (tertiary/aromatic N) is 1. The number of furan rings is 1. The van der Waals surface area contributed by atoms with Crippen molar-refractivity contribution in [3.8, 4) is 11.5 Å². The Morgan fingerprint density at radius 2 is 2.41 bits per heavy atom.